The minimum absolute atomic E-state index is 0.0392. The second-order valence-corrected chi connectivity index (χ2v) is 5.99. The molecule has 0 amide bonds. The fraction of sp³-hybridized carbons (Fsp3) is 0.333. The summed E-state index contributed by atoms with van der Waals surface area (Å²) >= 11 is 0. The molecule has 0 unspecified atom stereocenters. The van der Waals surface area contributed by atoms with Gasteiger partial charge in [0.2, 0.25) is 5.78 Å². The van der Waals surface area contributed by atoms with Crippen LogP contribution in [0.1, 0.15) is 31.8 Å². The van der Waals surface area contributed by atoms with E-state index in [9.17, 15) is 19.2 Å². The van der Waals surface area contributed by atoms with Crippen molar-refractivity contribution in [1.29, 1.82) is 0 Å². The quantitative estimate of drug-likeness (QED) is 0.597. The lowest BCUT2D eigenvalue weighted by atomic mass is 9.85. The Balaban J connectivity index is 2.10. The number of hydrogen-bond acceptors (Lipinski definition) is 7. The van der Waals surface area contributed by atoms with Crippen molar-refractivity contribution in [2.45, 2.75) is 12.8 Å². The molecule has 7 heteroatoms. The first-order valence-corrected chi connectivity index (χ1v) is 7.55. The third-order valence-electron chi connectivity index (χ3n) is 4.69. The third kappa shape index (κ3) is 2.34. The molecule has 0 heterocycles. The van der Waals surface area contributed by atoms with Crippen molar-refractivity contribution in [2.75, 3.05) is 21.3 Å². The van der Waals surface area contributed by atoms with Gasteiger partial charge in [-0.1, -0.05) is 0 Å². The van der Waals surface area contributed by atoms with Gasteiger partial charge < -0.3 is 14.2 Å². The number of hydrogen-bond donors (Lipinski definition) is 0. The van der Waals surface area contributed by atoms with Crippen molar-refractivity contribution < 1.29 is 33.4 Å². The van der Waals surface area contributed by atoms with Crippen LogP contribution in [0.3, 0.4) is 0 Å². The topological polar surface area (TPSA) is 96.0 Å². The van der Waals surface area contributed by atoms with Gasteiger partial charge in [0.05, 0.1) is 21.3 Å². The van der Waals surface area contributed by atoms with Gasteiger partial charge >= 0.3 is 11.9 Å². The van der Waals surface area contributed by atoms with E-state index >= 15 is 0 Å². The predicted molar refractivity (Wildman–Crippen MR) is 84.1 cm³/mol. The highest BCUT2D eigenvalue weighted by atomic mass is 16.5. The summed E-state index contributed by atoms with van der Waals surface area (Å²) in [6.07, 6.45) is 1.24. The summed E-state index contributed by atoms with van der Waals surface area (Å²) in [5.41, 5.74) is 0.209. The zero-order valence-corrected chi connectivity index (χ0v) is 14.0. The number of carbonyl (C=O) groups excluding carboxylic acids is 4. The molecule has 2 aliphatic carbocycles. The molecule has 0 aliphatic heterocycles. The van der Waals surface area contributed by atoms with E-state index in [1.807, 2.05) is 0 Å². The Morgan fingerprint density at radius 3 is 1.92 bits per heavy atom. The standard InChI is InChI=1S/C18H16O7/c1-23-14-6-13(19)11-4-9-7-18(16(21)24-2,17(22)25-3)8-10(9)5-12(11)15(14)20/h4-6H,7-8H2,1-3H3. The molecule has 0 saturated heterocycles. The molecule has 25 heavy (non-hydrogen) atoms. The Hall–Kier alpha value is -2.96. The number of benzene rings is 1. The van der Waals surface area contributed by atoms with Gasteiger partial charge in [0.1, 0.15) is 0 Å². The Labute approximate surface area is 143 Å². The van der Waals surface area contributed by atoms with Crippen LogP contribution in [-0.2, 0) is 36.6 Å². The molecule has 0 saturated carbocycles. The van der Waals surface area contributed by atoms with E-state index < -0.39 is 23.1 Å². The first-order valence-electron chi connectivity index (χ1n) is 7.55. The Bertz CT molecular complexity index is 831. The van der Waals surface area contributed by atoms with E-state index in [1.54, 1.807) is 12.1 Å². The van der Waals surface area contributed by atoms with E-state index in [1.165, 1.54) is 21.3 Å². The molecule has 0 aromatic heterocycles. The molecule has 0 fully saturated rings. The molecule has 0 spiro atoms. The lowest BCUT2D eigenvalue weighted by Crippen LogP contribution is -2.42. The first-order chi connectivity index (χ1) is 11.9. The Kier molecular flexibility index (Phi) is 3.94. The predicted octanol–water partition coefficient (Wildman–Crippen LogP) is 1.03. The maximum Gasteiger partial charge on any atom is 0.323 e. The van der Waals surface area contributed by atoms with Crippen molar-refractivity contribution >= 4 is 23.5 Å². The summed E-state index contributed by atoms with van der Waals surface area (Å²) in [6.45, 7) is 0. The lowest BCUT2D eigenvalue weighted by Gasteiger charge is -2.22. The number of ketones is 2. The van der Waals surface area contributed by atoms with E-state index in [4.69, 9.17) is 14.2 Å². The van der Waals surface area contributed by atoms with Gasteiger partial charge in [-0.3, -0.25) is 19.2 Å². The summed E-state index contributed by atoms with van der Waals surface area (Å²) < 4.78 is 14.5. The van der Waals surface area contributed by atoms with Gasteiger partial charge in [-0.15, -0.1) is 0 Å². The molecule has 1 aromatic carbocycles. The monoisotopic (exact) mass is 344 g/mol. The lowest BCUT2D eigenvalue weighted by molar-refractivity contribution is -0.168. The summed E-state index contributed by atoms with van der Waals surface area (Å²) in [4.78, 5) is 49.2. The van der Waals surface area contributed by atoms with E-state index in [0.717, 1.165) is 6.08 Å². The van der Waals surface area contributed by atoms with Crippen LogP contribution >= 0.6 is 0 Å². The van der Waals surface area contributed by atoms with Gasteiger partial charge in [0.25, 0.3) is 0 Å². The zero-order valence-electron chi connectivity index (χ0n) is 14.0. The number of carbonyl (C=O) groups is 4. The summed E-state index contributed by atoms with van der Waals surface area (Å²) in [7, 11) is 3.71. The molecular formula is C18H16O7. The van der Waals surface area contributed by atoms with Gasteiger partial charge in [-0.2, -0.15) is 0 Å². The van der Waals surface area contributed by atoms with Crippen LogP contribution in [0, 0.1) is 5.41 Å². The van der Waals surface area contributed by atoms with Gasteiger partial charge in [-0.05, 0) is 36.1 Å². The summed E-state index contributed by atoms with van der Waals surface area (Å²) in [5, 5.41) is 0. The molecular weight excluding hydrogens is 328 g/mol. The van der Waals surface area contributed by atoms with Crippen molar-refractivity contribution in [1.82, 2.24) is 0 Å². The van der Waals surface area contributed by atoms with Crippen molar-refractivity contribution in [3.05, 3.63) is 46.2 Å². The highest BCUT2D eigenvalue weighted by Gasteiger charge is 2.53. The van der Waals surface area contributed by atoms with Crippen molar-refractivity contribution in [3.8, 4) is 0 Å². The van der Waals surface area contributed by atoms with Crippen LogP contribution < -0.4 is 0 Å². The number of rotatable bonds is 3. The van der Waals surface area contributed by atoms with Crippen LogP contribution in [-0.4, -0.2) is 44.8 Å². The number of allylic oxidation sites excluding steroid dienone is 2. The maximum atomic E-state index is 12.4. The molecule has 2 aliphatic rings. The molecule has 0 radical (unpaired) electrons. The van der Waals surface area contributed by atoms with Crippen LogP contribution in [0.15, 0.2) is 24.0 Å². The fourth-order valence-electron chi connectivity index (χ4n) is 3.43. The molecule has 7 nitrogen and oxygen atoms in total. The SMILES string of the molecule is COC(=O)C1(C(=O)OC)Cc2cc3c(cc2C1)C(=O)C(OC)=CC3=O. The Morgan fingerprint density at radius 1 is 0.920 bits per heavy atom. The number of methoxy groups -OCH3 is 3. The smallest absolute Gasteiger partial charge is 0.323 e. The second kappa shape index (κ2) is 5.84. The molecule has 0 N–H and O–H groups in total. The zero-order chi connectivity index (χ0) is 18.4. The van der Waals surface area contributed by atoms with Crippen LogP contribution in [0.2, 0.25) is 0 Å². The highest BCUT2D eigenvalue weighted by Crippen LogP contribution is 2.41. The van der Waals surface area contributed by atoms with Gasteiger partial charge in [0, 0.05) is 17.2 Å². The minimum Gasteiger partial charge on any atom is -0.492 e. The molecule has 0 bridgehead atoms. The number of ether oxygens (including phenoxy) is 3. The molecule has 1 aromatic rings. The Morgan fingerprint density at radius 2 is 1.44 bits per heavy atom. The normalized spacial score (nSPS) is 17.3. The number of fused-ring (bicyclic) bond motifs is 2. The van der Waals surface area contributed by atoms with Gasteiger partial charge in [-0.25, -0.2) is 0 Å². The number of Topliss-reactive ketones (excluding diaryl/α,β-unsaturated/α-hetero) is 1. The highest BCUT2D eigenvalue weighted by molar-refractivity contribution is 6.24. The summed E-state index contributed by atoms with van der Waals surface area (Å²) in [6, 6.07) is 3.10. The minimum atomic E-state index is -1.50. The first kappa shape index (κ1) is 16.9. The van der Waals surface area contributed by atoms with E-state index in [2.05, 4.69) is 0 Å². The van der Waals surface area contributed by atoms with Crippen LogP contribution in [0.5, 0.6) is 0 Å². The van der Waals surface area contributed by atoms with Gasteiger partial charge in [0.15, 0.2) is 17.0 Å². The van der Waals surface area contributed by atoms with E-state index in [0.29, 0.717) is 11.1 Å². The maximum absolute atomic E-state index is 12.4. The fourth-order valence-corrected chi connectivity index (χ4v) is 3.43. The number of esters is 2. The molecule has 0 atom stereocenters. The molecule has 3 rings (SSSR count). The average Bonchev–Trinajstić information content (AvgIpc) is 3.01. The van der Waals surface area contributed by atoms with Crippen LogP contribution in [0.4, 0.5) is 0 Å². The average molecular weight is 344 g/mol. The van der Waals surface area contributed by atoms with Crippen molar-refractivity contribution in [3.63, 3.8) is 0 Å². The summed E-state index contributed by atoms with van der Waals surface area (Å²) in [5.74, 6) is -2.22. The largest absolute Gasteiger partial charge is 0.492 e. The third-order valence-corrected chi connectivity index (χ3v) is 4.69. The second-order valence-electron chi connectivity index (χ2n) is 5.99. The van der Waals surface area contributed by atoms with Crippen LogP contribution in [0.25, 0.3) is 0 Å². The van der Waals surface area contributed by atoms with Crippen molar-refractivity contribution in [2.24, 2.45) is 5.41 Å². The molecule has 130 valence electrons. The van der Waals surface area contributed by atoms with E-state index in [-0.39, 0.29) is 35.5 Å².